The molecule has 166 valence electrons. The average Bonchev–Trinajstić information content (AvgIpc) is 2.76. The summed E-state index contributed by atoms with van der Waals surface area (Å²) in [5.41, 5.74) is 3.83. The van der Waals surface area contributed by atoms with Crippen molar-refractivity contribution in [2.75, 3.05) is 6.54 Å². The number of hydrazone groups is 1. The molecule has 0 aliphatic rings. The molecule has 0 spiro atoms. The van der Waals surface area contributed by atoms with E-state index in [0.717, 1.165) is 14.3 Å². The molecule has 32 heavy (non-hydrogen) atoms. The van der Waals surface area contributed by atoms with Gasteiger partial charge in [-0.05, 0) is 59.7 Å². The number of rotatable bonds is 8. The van der Waals surface area contributed by atoms with Crippen molar-refractivity contribution in [2.24, 2.45) is 5.10 Å². The minimum Gasteiger partial charge on any atom is -0.272 e. The number of benzene rings is 3. The smallest absolute Gasteiger partial charge is 0.255 e. The predicted molar refractivity (Wildman–Crippen MR) is 130 cm³/mol. The minimum absolute atomic E-state index is 0.0219. The Balaban J connectivity index is 1.78. The van der Waals surface area contributed by atoms with Gasteiger partial charge in [-0.2, -0.15) is 9.41 Å². The summed E-state index contributed by atoms with van der Waals surface area (Å²) in [6.07, 6.45) is 1.47. The first-order chi connectivity index (χ1) is 15.2. The fourth-order valence-electron chi connectivity index (χ4n) is 2.70. The maximum Gasteiger partial charge on any atom is 0.255 e. The van der Waals surface area contributed by atoms with Crippen LogP contribution in [0.1, 0.15) is 11.1 Å². The molecule has 0 bridgehead atoms. The first-order valence-corrected chi connectivity index (χ1v) is 12.3. The first-order valence-electron chi connectivity index (χ1n) is 9.32. The van der Waals surface area contributed by atoms with Crippen LogP contribution in [0.15, 0.2) is 87.3 Å². The van der Waals surface area contributed by atoms with Crippen molar-refractivity contribution in [1.29, 1.82) is 0 Å². The zero-order valence-corrected chi connectivity index (χ0v) is 20.5. The molecule has 0 radical (unpaired) electrons. The number of halogens is 3. The van der Waals surface area contributed by atoms with E-state index in [4.69, 9.17) is 23.2 Å². The normalized spacial score (nSPS) is 11.8. The topological polar surface area (TPSA) is 78.8 Å². The fourth-order valence-corrected chi connectivity index (χ4v) is 4.60. The highest BCUT2D eigenvalue weighted by Crippen LogP contribution is 2.21. The summed E-state index contributed by atoms with van der Waals surface area (Å²) in [6, 6.07) is 19.8. The summed E-state index contributed by atoms with van der Waals surface area (Å²) in [7, 11) is -3.98. The lowest BCUT2D eigenvalue weighted by Gasteiger charge is -2.21. The molecule has 0 fully saturated rings. The monoisotopic (exact) mass is 553 g/mol. The Bertz CT molecular complexity index is 1200. The number of hydrogen-bond donors (Lipinski definition) is 1. The molecule has 0 saturated carbocycles. The van der Waals surface area contributed by atoms with E-state index >= 15 is 0 Å². The Morgan fingerprint density at radius 2 is 1.50 bits per heavy atom. The van der Waals surface area contributed by atoms with Gasteiger partial charge in [-0.3, -0.25) is 4.79 Å². The molecular formula is C22H18BrCl2N3O3S. The molecule has 1 N–H and O–H groups in total. The van der Waals surface area contributed by atoms with Gasteiger partial charge in [-0.25, -0.2) is 13.8 Å². The van der Waals surface area contributed by atoms with Crippen LogP contribution in [0, 0.1) is 0 Å². The van der Waals surface area contributed by atoms with Crippen molar-refractivity contribution in [3.8, 4) is 0 Å². The van der Waals surface area contributed by atoms with Crippen molar-refractivity contribution < 1.29 is 13.2 Å². The predicted octanol–water partition coefficient (Wildman–Crippen LogP) is 5.10. The van der Waals surface area contributed by atoms with Crippen molar-refractivity contribution in [2.45, 2.75) is 11.4 Å². The van der Waals surface area contributed by atoms with E-state index in [2.05, 4.69) is 26.5 Å². The van der Waals surface area contributed by atoms with Crippen LogP contribution in [-0.2, 0) is 21.4 Å². The second kappa shape index (κ2) is 11.1. The highest BCUT2D eigenvalue weighted by Gasteiger charge is 2.27. The van der Waals surface area contributed by atoms with Gasteiger partial charge in [-0.1, -0.05) is 63.4 Å². The quantitative estimate of drug-likeness (QED) is 0.311. The summed E-state index contributed by atoms with van der Waals surface area (Å²) in [5.74, 6) is -0.579. The molecule has 10 heteroatoms. The molecule has 0 unspecified atom stereocenters. The number of hydrogen-bond acceptors (Lipinski definition) is 4. The zero-order chi connectivity index (χ0) is 23.1. The lowest BCUT2D eigenvalue weighted by atomic mass is 10.2. The van der Waals surface area contributed by atoms with Crippen LogP contribution in [0.3, 0.4) is 0 Å². The van der Waals surface area contributed by atoms with Crippen molar-refractivity contribution in [3.05, 3.63) is 98.4 Å². The first kappa shape index (κ1) is 24.4. The summed E-state index contributed by atoms with van der Waals surface area (Å²) >= 11 is 15.2. The van der Waals surface area contributed by atoms with Gasteiger partial charge in [0.15, 0.2) is 0 Å². The second-order valence-electron chi connectivity index (χ2n) is 6.70. The number of amides is 1. The van der Waals surface area contributed by atoms with Gasteiger partial charge >= 0.3 is 0 Å². The summed E-state index contributed by atoms with van der Waals surface area (Å²) < 4.78 is 28.4. The SMILES string of the molecule is O=C(CN(Cc1ccc(Cl)cc1)S(=O)(=O)c1ccc(Cl)cc1)N/N=C\c1ccc(Br)cc1. The number of carbonyl (C=O) groups excluding carboxylic acids is 1. The Morgan fingerprint density at radius 3 is 2.09 bits per heavy atom. The molecule has 0 saturated heterocycles. The van der Waals surface area contributed by atoms with E-state index in [-0.39, 0.29) is 11.4 Å². The van der Waals surface area contributed by atoms with Crippen LogP contribution in [0.4, 0.5) is 0 Å². The number of carbonyl (C=O) groups is 1. The van der Waals surface area contributed by atoms with Gasteiger partial charge < -0.3 is 0 Å². The Morgan fingerprint density at radius 1 is 0.938 bits per heavy atom. The van der Waals surface area contributed by atoms with Crippen LogP contribution >= 0.6 is 39.1 Å². The molecule has 0 atom stereocenters. The average molecular weight is 555 g/mol. The van der Waals surface area contributed by atoms with Gasteiger partial charge in [0.25, 0.3) is 5.91 Å². The molecule has 1 amide bonds. The molecule has 3 rings (SSSR count). The Labute approximate surface area is 205 Å². The molecule has 0 aromatic heterocycles. The largest absolute Gasteiger partial charge is 0.272 e. The van der Waals surface area contributed by atoms with Crippen LogP contribution in [-0.4, -0.2) is 31.4 Å². The summed E-state index contributed by atoms with van der Waals surface area (Å²) in [5, 5.41) is 4.85. The second-order valence-corrected chi connectivity index (χ2v) is 10.4. The maximum absolute atomic E-state index is 13.2. The zero-order valence-electron chi connectivity index (χ0n) is 16.6. The van der Waals surface area contributed by atoms with E-state index < -0.39 is 22.5 Å². The molecule has 6 nitrogen and oxygen atoms in total. The van der Waals surface area contributed by atoms with Gasteiger partial charge in [0.1, 0.15) is 0 Å². The summed E-state index contributed by atoms with van der Waals surface area (Å²) in [4.78, 5) is 12.5. The van der Waals surface area contributed by atoms with Crippen LogP contribution < -0.4 is 5.43 Å². The number of sulfonamides is 1. The van der Waals surface area contributed by atoms with Crippen molar-refractivity contribution >= 4 is 61.3 Å². The lowest BCUT2D eigenvalue weighted by molar-refractivity contribution is -0.121. The van der Waals surface area contributed by atoms with Gasteiger partial charge in [-0.15, -0.1) is 0 Å². The Kier molecular flexibility index (Phi) is 8.44. The van der Waals surface area contributed by atoms with Gasteiger partial charge in [0, 0.05) is 21.1 Å². The molecule has 3 aromatic carbocycles. The van der Waals surface area contributed by atoms with E-state index in [1.54, 1.807) is 24.3 Å². The van der Waals surface area contributed by atoms with Crippen molar-refractivity contribution in [3.63, 3.8) is 0 Å². The van der Waals surface area contributed by atoms with Crippen LogP contribution in [0.2, 0.25) is 10.0 Å². The van der Waals surface area contributed by atoms with E-state index in [1.807, 2.05) is 24.3 Å². The van der Waals surface area contributed by atoms with Crippen LogP contribution in [0.25, 0.3) is 0 Å². The molecule has 3 aromatic rings. The molecular weight excluding hydrogens is 537 g/mol. The fraction of sp³-hybridized carbons (Fsp3) is 0.0909. The minimum atomic E-state index is -3.98. The Hall–Kier alpha value is -2.23. The number of nitrogens with one attached hydrogen (secondary N) is 1. The van der Waals surface area contributed by atoms with Gasteiger partial charge in [0.05, 0.1) is 17.7 Å². The highest BCUT2D eigenvalue weighted by atomic mass is 79.9. The third-order valence-corrected chi connectivity index (χ3v) is 7.15. The summed E-state index contributed by atoms with van der Waals surface area (Å²) in [6.45, 7) is -0.447. The standard InChI is InChI=1S/C22H18BrCl2N3O3S/c23-18-5-1-16(2-6-18)13-26-27-22(29)15-28(14-17-3-7-19(24)8-4-17)32(30,31)21-11-9-20(25)10-12-21/h1-13H,14-15H2,(H,27,29)/b26-13-. The van der Waals surface area contributed by atoms with E-state index in [0.29, 0.717) is 15.6 Å². The van der Waals surface area contributed by atoms with Crippen molar-refractivity contribution in [1.82, 2.24) is 9.73 Å². The van der Waals surface area contributed by atoms with E-state index in [9.17, 15) is 13.2 Å². The maximum atomic E-state index is 13.2. The number of nitrogens with zero attached hydrogens (tertiary/aromatic N) is 2. The third kappa shape index (κ3) is 6.88. The molecule has 0 aliphatic heterocycles. The third-order valence-electron chi connectivity index (χ3n) is 4.32. The lowest BCUT2D eigenvalue weighted by Crippen LogP contribution is -2.39. The highest BCUT2D eigenvalue weighted by molar-refractivity contribution is 9.10. The molecule has 0 aliphatic carbocycles. The van der Waals surface area contributed by atoms with Crippen LogP contribution in [0.5, 0.6) is 0 Å². The molecule has 0 heterocycles. The van der Waals surface area contributed by atoms with E-state index in [1.165, 1.54) is 30.5 Å². The van der Waals surface area contributed by atoms with Gasteiger partial charge in [0.2, 0.25) is 10.0 Å².